The van der Waals surface area contributed by atoms with Gasteiger partial charge in [-0.3, -0.25) is 4.68 Å². The molecule has 3 aromatic rings. The SMILES string of the molecule is Nc1cnn(CCn2ccc3ccc(Cl)nc32)c1. The van der Waals surface area contributed by atoms with Crippen molar-refractivity contribution in [3.63, 3.8) is 0 Å². The third kappa shape index (κ3) is 2.04. The van der Waals surface area contributed by atoms with Gasteiger partial charge in [0.05, 0.1) is 18.4 Å². The molecule has 2 N–H and O–H groups in total. The highest BCUT2D eigenvalue weighted by atomic mass is 35.5. The van der Waals surface area contributed by atoms with Gasteiger partial charge in [0.2, 0.25) is 0 Å². The highest BCUT2D eigenvalue weighted by Gasteiger charge is 2.03. The first kappa shape index (κ1) is 11.1. The number of fused-ring (bicyclic) bond motifs is 1. The summed E-state index contributed by atoms with van der Waals surface area (Å²) < 4.78 is 3.87. The molecule has 0 aliphatic rings. The second kappa shape index (κ2) is 4.34. The summed E-state index contributed by atoms with van der Waals surface area (Å²) in [7, 11) is 0. The van der Waals surface area contributed by atoms with E-state index in [1.807, 2.05) is 29.2 Å². The van der Waals surface area contributed by atoms with Crippen LogP contribution in [-0.4, -0.2) is 19.3 Å². The van der Waals surface area contributed by atoms with Gasteiger partial charge in [-0.2, -0.15) is 5.10 Å². The second-order valence-electron chi connectivity index (χ2n) is 4.09. The fourth-order valence-corrected chi connectivity index (χ4v) is 2.07. The maximum atomic E-state index is 5.91. The second-order valence-corrected chi connectivity index (χ2v) is 4.48. The third-order valence-corrected chi connectivity index (χ3v) is 3.01. The first-order valence-corrected chi connectivity index (χ1v) is 5.99. The predicted molar refractivity (Wildman–Crippen MR) is 71.4 cm³/mol. The lowest BCUT2D eigenvalue weighted by molar-refractivity contribution is 0.541. The molecule has 5 nitrogen and oxygen atoms in total. The number of nitrogens with zero attached hydrogens (tertiary/aromatic N) is 4. The molecule has 3 heterocycles. The van der Waals surface area contributed by atoms with Crippen LogP contribution in [-0.2, 0) is 13.1 Å². The fraction of sp³-hybridized carbons (Fsp3) is 0.167. The summed E-state index contributed by atoms with van der Waals surface area (Å²) in [5.41, 5.74) is 7.18. The maximum absolute atomic E-state index is 5.91. The van der Waals surface area contributed by atoms with Crippen LogP contribution in [0.1, 0.15) is 0 Å². The number of pyridine rings is 1. The van der Waals surface area contributed by atoms with Gasteiger partial charge in [-0.15, -0.1) is 0 Å². The van der Waals surface area contributed by atoms with Crippen LogP contribution in [0.25, 0.3) is 11.0 Å². The van der Waals surface area contributed by atoms with Crippen LogP contribution >= 0.6 is 11.6 Å². The summed E-state index contributed by atoms with van der Waals surface area (Å²) in [5, 5.41) is 5.73. The minimum atomic E-state index is 0.505. The van der Waals surface area contributed by atoms with E-state index in [0.29, 0.717) is 10.8 Å². The van der Waals surface area contributed by atoms with Gasteiger partial charge in [0.25, 0.3) is 0 Å². The Bertz CT molecular complexity index is 685. The average Bonchev–Trinajstić information content (AvgIpc) is 2.93. The number of anilines is 1. The van der Waals surface area contributed by atoms with Crippen LogP contribution in [0.2, 0.25) is 5.15 Å². The zero-order chi connectivity index (χ0) is 12.5. The Morgan fingerprint density at radius 2 is 2.11 bits per heavy atom. The molecule has 0 aromatic carbocycles. The largest absolute Gasteiger partial charge is 0.396 e. The van der Waals surface area contributed by atoms with Crippen LogP contribution in [0.3, 0.4) is 0 Å². The molecule has 0 saturated carbocycles. The van der Waals surface area contributed by atoms with Gasteiger partial charge in [0.15, 0.2) is 0 Å². The van der Waals surface area contributed by atoms with Crippen molar-refractivity contribution in [2.45, 2.75) is 13.1 Å². The van der Waals surface area contributed by atoms with Gasteiger partial charge in [-0.25, -0.2) is 4.98 Å². The van der Waals surface area contributed by atoms with Gasteiger partial charge in [0.1, 0.15) is 10.8 Å². The molecule has 0 unspecified atom stereocenters. The fourth-order valence-electron chi connectivity index (χ4n) is 1.93. The molecule has 18 heavy (non-hydrogen) atoms. The number of aromatic nitrogens is 4. The first-order chi connectivity index (χ1) is 8.72. The number of nitrogen functional groups attached to an aromatic ring is 1. The van der Waals surface area contributed by atoms with Crippen molar-refractivity contribution in [3.8, 4) is 0 Å². The number of rotatable bonds is 3. The molecule has 0 aliphatic heterocycles. The van der Waals surface area contributed by atoms with Crippen molar-refractivity contribution in [1.82, 2.24) is 19.3 Å². The Morgan fingerprint density at radius 3 is 2.89 bits per heavy atom. The number of nitrogens with two attached hydrogens (primary N) is 1. The van der Waals surface area contributed by atoms with E-state index in [1.54, 1.807) is 12.3 Å². The van der Waals surface area contributed by atoms with Crippen LogP contribution in [0, 0.1) is 0 Å². The van der Waals surface area contributed by atoms with Gasteiger partial charge >= 0.3 is 0 Å². The van der Waals surface area contributed by atoms with Gasteiger partial charge < -0.3 is 10.3 Å². The maximum Gasteiger partial charge on any atom is 0.141 e. The van der Waals surface area contributed by atoms with Crippen molar-refractivity contribution in [1.29, 1.82) is 0 Å². The highest BCUT2D eigenvalue weighted by Crippen LogP contribution is 2.16. The Balaban J connectivity index is 1.84. The molecule has 0 aliphatic carbocycles. The third-order valence-electron chi connectivity index (χ3n) is 2.80. The van der Waals surface area contributed by atoms with E-state index in [4.69, 9.17) is 17.3 Å². The number of aryl methyl sites for hydroxylation is 2. The van der Waals surface area contributed by atoms with Crippen LogP contribution in [0.4, 0.5) is 5.69 Å². The first-order valence-electron chi connectivity index (χ1n) is 5.62. The minimum absolute atomic E-state index is 0.505. The van der Waals surface area contributed by atoms with Gasteiger partial charge in [-0.05, 0) is 18.2 Å². The number of hydrogen-bond acceptors (Lipinski definition) is 3. The molecule has 92 valence electrons. The van der Waals surface area contributed by atoms with Crippen molar-refractivity contribution in [3.05, 3.63) is 41.9 Å². The molecule has 0 spiro atoms. The zero-order valence-electron chi connectivity index (χ0n) is 9.62. The molecule has 0 bridgehead atoms. The van der Waals surface area contributed by atoms with Crippen LogP contribution in [0.15, 0.2) is 36.8 Å². The Labute approximate surface area is 109 Å². The van der Waals surface area contributed by atoms with E-state index in [9.17, 15) is 0 Å². The van der Waals surface area contributed by atoms with Crippen LogP contribution in [0.5, 0.6) is 0 Å². The number of halogens is 1. The molecule has 3 aromatic heterocycles. The Morgan fingerprint density at radius 1 is 1.22 bits per heavy atom. The lowest BCUT2D eigenvalue weighted by Gasteiger charge is -2.05. The molecule has 0 amide bonds. The number of hydrogen-bond donors (Lipinski definition) is 1. The van der Waals surface area contributed by atoms with Gasteiger partial charge in [0, 0.05) is 24.3 Å². The van der Waals surface area contributed by atoms with E-state index < -0.39 is 0 Å². The van der Waals surface area contributed by atoms with E-state index in [-0.39, 0.29) is 0 Å². The van der Waals surface area contributed by atoms with Crippen LogP contribution < -0.4 is 5.73 Å². The lowest BCUT2D eigenvalue weighted by Crippen LogP contribution is -2.07. The monoisotopic (exact) mass is 261 g/mol. The quantitative estimate of drug-likeness (QED) is 0.735. The van der Waals surface area contributed by atoms with Crippen molar-refractivity contribution < 1.29 is 0 Å². The molecular weight excluding hydrogens is 250 g/mol. The predicted octanol–water partition coefficient (Wildman–Crippen LogP) is 2.17. The van der Waals surface area contributed by atoms with Crippen molar-refractivity contribution in [2.24, 2.45) is 0 Å². The molecule has 0 saturated heterocycles. The molecular formula is C12H12ClN5. The van der Waals surface area contributed by atoms with E-state index >= 15 is 0 Å². The van der Waals surface area contributed by atoms with Crippen molar-refractivity contribution >= 4 is 28.3 Å². The van der Waals surface area contributed by atoms with E-state index in [0.717, 1.165) is 24.1 Å². The standard InChI is InChI=1S/C12H12ClN5/c13-11-2-1-9-3-4-17(12(9)16-11)5-6-18-8-10(14)7-15-18/h1-4,7-8H,5-6,14H2. The van der Waals surface area contributed by atoms with Crippen molar-refractivity contribution in [2.75, 3.05) is 5.73 Å². The van der Waals surface area contributed by atoms with Gasteiger partial charge in [-0.1, -0.05) is 11.6 Å². The zero-order valence-corrected chi connectivity index (χ0v) is 10.4. The molecule has 0 atom stereocenters. The molecule has 0 fully saturated rings. The molecule has 3 rings (SSSR count). The summed E-state index contributed by atoms with van der Waals surface area (Å²) >= 11 is 5.91. The molecule has 6 heteroatoms. The summed E-state index contributed by atoms with van der Waals surface area (Å²) in [6, 6.07) is 5.78. The Kier molecular flexibility index (Phi) is 2.68. The smallest absolute Gasteiger partial charge is 0.141 e. The molecule has 0 radical (unpaired) electrons. The topological polar surface area (TPSA) is 61.7 Å². The Hall–Kier alpha value is -2.01. The minimum Gasteiger partial charge on any atom is -0.396 e. The van der Waals surface area contributed by atoms with E-state index in [1.165, 1.54) is 0 Å². The average molecular weight is 262 g/mol. The summed E-state index contributed by atoms with van der Waals surface area (Å²) in [4.78, 5) is 4.33. The lowest BCUT2D eigenvalue weighted by atomic mass is 10.3. The summed E-state index contributed by atoms with van der Waals surface area (Å²) in [5.74, 6) is 0. The normalized spacial score (nSPS) is 11.2. The summed E-state index contributed by atoms with van der Waals surface area (Å²) in [6.45, 7) is 1.52. The highest BCUT2D eigenvalue weighted by molar-refractivity contribution is 6.29. The van der Waals surface area contributed by atoms with E-state index in [2.05, 4.69) is 14.6 Å². The summed E-state index contributed by atoms with van der Waals surface area (Å²) in [6.07, 6.45) is 5.45.